The summed E-state index contributed by atoms with van der Waals surface area (Å²) in [6.07, 6.45) is 6.87. The van der Waals surface area contributed by atoms with Crippen LogP contribution in [0.4, 0.5) is 11.6 Å². The molecular weight excluding hydrogens is 494 g/mol. The van der Waals surface area contributed by atoms with E-state index in [0.29, 0.717) is 29.3 Å². The van der Waals surface area contributed by atoms with E-state index in [1.54, 1.807) is 25.1 Å². The van der Waals surface area contributed by atoms with E-state index in [1.165, 1.54) is 0 Å². The van der Waals surface area contributed by atoms with Crippen LogP contribution in [-0.4, -0.2) is 30.5 Å². The van der Waals surface area contributed by atoms with Gasteiger partial charge in [0.1, 0.15) is 0 Å². The minimum Gasteiger partial charge on any atom is -0.351 e. The maximum absolute atomic E-state index is 13.0. The molecule has 1 fully saturated rings. The Morgan fingerprint density at radius 2 is 1.74 bits per heavy atom. The first-order valence-electron chi connectivity index (χ1n) is 13.2. The zero-order valence-corrected chi connectivity index (χ0v) is 23.0. The molecule has 0 amide bonds. The van der Waals surface area contributed by atoms with E-state index in [-0.39, 0.29) is 4.90 Å². The average Bonchev–Trinajstić information content (AvgIpc) is 2.89. The number of aromatic nitrogens is 2. The lowest BCUT2D eigenvalue weighted by Crippen LogP contribution is -2.33. The van der Waals surface area contributed by atoms with Crippen LogP contribution in [0.5, 0.6) is 0 Å². The quantitative estimate of drug-likeness (QED) is 0.273. The Morgan fingerprint density at radius 3 is 2.45 bits per heavy atom. The second kappa shape index (κ2) is 10.7. The summed E-state index contributed by atoms with van der Waals surface area (Å²) < 4.78 is 28.6. The van der Waals surface area contributed by atoms with Crippen LogP contribution in [0.3, 0.4) is 0 Å². The summed E-state index contributed by atoms with van der Waals surface area (Å²) in [6.45, 7) is 5.92. The molecule has 1 aliphatic rings. The summed E-state index contributed by atoms with van der Waals surface area (Å²) in [6, 6.07) is 17.6. The van der Waals surface area contributed by atoms with E-state index in [0.717, 1.165) is 65.3 Å². The smallest absolute Gasteiger partial charge is 0.262 e. The number of nitrogens with one attached hydrogen (secondary N) is 2. The van der Waals surface area contributed by atoms with Crippen molar-refractivity contribution in [2.45, 2.75) is 69.9 Å². The molecule has 0 spiro atoms. The Bertz CT molecular complexity index is 1580. The minimum atomic E-state index is -3.67. The zero-order valence-electron chi connectivity index (χ0n) is 22.2. The SMILES string of the molecule is CCc1cc(-c2ccc(NS(=O)(=O)c3ccccc3C)cc2C)cc2cnc(N[C@H]3CC[C@H](N)CC3)nc12. The molecule has 4 aromatic rings. The van der Waals surface area contributed by atoms with Crippen LogP contribution in [0.2, 0.25) is 0 Å². The summed E-state index contributed by atoms with van der Waals surface area (Å²) in [5, 5.41) is 4.49. The van der Waals surface area contributed by atoms with E-state index >= 15 is 0 Å². The molecule has 3 aromatic carbocycles. The predicted octanol–water partition coefficient (Wildman–Crippen LogP) is 5.96. The van der Waals surface area contributed by atoms with Crippen LogP contribution in [-0.2, 0) is 16.4 Å². The Morgan fingerprint density at radius 1 is 0.974 bits per heavy atom. The molecule has 0 saturated heterocycles. The number of hydrogen-bond donors (Lipinski definition) is 3. The van der Waals surface area contributed by atoms with Gasteiger partial charge in [-0.25, -0.2) is 18.4 Å². The van der Waals surface area contributed by atoms with E-state index in [9.17, 15) is 8.42 Å². The maximum Gasteiger partial charge on any atom is 0.262 e. The number of fused-ring (bicyclic) bond motifs is 1. The van der Waals surface area contributed by atoms with Gasteiger partial charge in [0.05, 0.1) is 10.4 Å². The highest BCUT2D eigenvalue weighted by atomic mass is 32.2. The highest BCUT2D eigenvalue weighted by molar-refractivity contribution is 7.92. The highest BCUT2D eigenvalue weighted by Gasteiger charge is 2.20. The van der Waals surface area contributed by atoms with E-state index in [2.05, 4.69) is 34.1 Å². The van der Waals surface area contributed by atoms with Gasteiger partial charge in [0.25, 0.3) is 10.0 Å². The molecule has 38 heavy (non-hydrogen) atoms. The van der Waals surface area contributed by atoms with Gasteiger partial charge >= 0.3 is 0 Å². The van der Waals surface area contributed by atoms with Crippen molar-refractivity contribution in [1.29, 1.82) is 0 Å². The largest absolute Gasteiger partial charge is 0.351 e. The lowest BCUT2D eigenvalue weighted by molar-refractivity contribution is 0.410. The van der Waals surface area contributed by atoms with Crippen LogP contribution in [0, 0.1) is 13.8 Å². The van der Waals surface area contributed by atoms with Crippen LogP contribution in [0.25, 0.3) is 22.0 Å². The first-order valence-corrected chi connectivity index (χ1v) is 14.7. The molecule has 0 unspecified atom stereocenters. The van der Waals surface area contributed by atoms with Crippen molar-refractivity contribution >= 4 is 32.6 Å². The fourth-order valence-electron chi connectivity index (χ4n) is 5.28. The molecule has 1 saturated carbocycles. The van der Waals surface area contributed by atoms with Crippen molar-refractivity contribution in [2.75, 3.05) is 10.0 Å². The number of anilines is 2. The molecule has 1 aliphatic carbocycles. The van der Waals surface area contributed by atoms with Gasteiger partial charge in [-0.15, -0.1) is 0 Å². The Hall–Kier alpha value is -3.49. The van der Waals surface area contributed by atoms with Crippen LogP contribution >= 0.6 is 0 Å². The van der Waals surface area contributed by atoms with Crippen LogP contribution < -0.4 is 15.8 Å². The number of nitrogens with zero attached hydrogens (tertiary/aromatic N) is 2. The third-order valence-corrected chi connectivity index (χ3v) is 8.96. The first-order chi connectivity index (χ1) is 18.2. The standard InChI is InChI=1S/C30H35N5O2S/c1-4-21-16-22(17-23-18-32-30(34-29(21)23)33-25-11-9-24(31)10-12-25)27-14-13-26(15-20(27)3)35-38(36,37)28-8-6-5-7-19(28)2/h5-8,13-18,24-25,35H,4,9-12,31H2,1-3H3,(H,32,33,34)/t24-,25-. The Kier molecular flexibility index (Phi) is 7.36. The van der Waals surface area contributed by atoms with Gasteiger partial charge in [0, 0.05) is 29.4 Å². The lowest BCUT2D eigenvalue weighted by atomic mass is 9.92. The summed E-state index contributed by atoms with van der Waals surface area (Å²) in [7, 11) is -3.67. The summed E-state index contributed by atoms with van der Waals surface area (Å²) in [5.41, 5.74) is 12.5. The molecule has 8 heteroatoms. The van der Waals surface area contributed by atoms with Crippen molar-refractivity contribution in [3.8, 4) is 11.1 Å². The number of benzene rings is 3. The van der Waals surface area contributed by atoms with Crippen molar-refractivity contribution < 1.29 is 8.42 Å². The van der Waals surface area contributed by atoms with Crippen LogP contribution in [0.15, 0.2) is 65.7 Å². The third kappa shape index (κ3) is 5.51. The molecule has 198 valence electrons. The number of aryl methyl sites for hydroxylation is 3. The van der Waals surface area contributed by atoms with Crippen LogP contribution in [0.1, 0.15) is 49.3 Å². The van der Waals surface area contributed by atoms with Gasteiger partial charge in [0.15, 0.2) is 0 Å². The zero-order chi connectivity index (χ0) is 26.9. The van der Waals surface area contributed by atoms with Gasteiger partial charge in [-0.2, -0.15) is 0 Å². The van der Waals surface area contributed by atoms with Gasteiger partial charge in [0.2, 0.25) is 5.95 Å². The number of nitrogens with two attached hydrogens (primary N) is 1. The molecule has 0 bridgehead atoms. The second-order valence-corrected chi connectivity index (χ2v) is 11.9. The molecule has 0 atom stereocenters. The summed E-state index contributed by atoms with van der Waals surface area (Å²) >= 11 is 0. The fourth-order valence-corrected chi connectivity index (χ4v) is 6.58. The second-order valence-electron chi connectivity index (χ2n) is 10.3. The predicted molar refractivity (Wildman–Crippen MR) is 155 cm³/mol. The number of rotatable bonds is 7. The molecule has 0 radical (unpaired) electrons. The van der Waals surface area contributed by atoms with E-state index in [1.807, 2.05) is 37.4 Å². The van der Waals surface area contributed by atoms with Gasteiger partial charge in [-0.3, -0.25) is 4.72 Å². The molecule has 1 aromatic heterocycles. The molecular formula is C30H35N5O2S. The molecule has 7 nitrogen and oxygen atoms in total. The van der Waals surface area contributed by atoms with Gasteiger partial charge in [-0.1, -0.05) is 31.2 Å². The number of sulfonamides is 1. The molecule has 4 N–H and O–H groups in total. The molecule has 0 aliphatic heterocycles. The number of hydrogen-bond acceptors (Lipinski definition) is 6. The van der Waals surface area contributed by atoms with Crippen molar-refractivity contribution in [1.82, 2.24) is 9.97 Å². The Labute approximate surface area is 225 Å². The third-order valence-electron chi connectivity index (χ3n) is 7.42. The maximum atomic E-state index is 13.0. The monoisotopic (exact) mass is 529 g/mol. The van der Waals surface area contributed by atoms with E-state index in [4.69, 9.17) is 10.7 Å². The first kappa shape index (κ1) is 26.1. The van der Waals surface area contributed by atoms with Gasteiger partial charge in [-0.05, 0) is 104 Å². The average molecular weight is 530 g/mol. The van der Waals surface area contributed by atoms with Crippen molar-refractivity contribution in [3.05, 3.63) is 77.5 Å². The fraction of sp³-hybridized carbons (Fsp3) is 0.333. The summed E-state index contributed by atoms with van der Waals surface area (Å²) in [5.74, 6) is 0.668. The highest BCUT2D eigenvalue weighted by Crippen LogP contribution is 2.32. The summed E-state index contributed by atoms with van der Waals surface area (Å²) in [4.78, 5) is 9.77. The lowest BCUT2D eigenvalue weighted by Gasteiger charge is -2.26. The molecule has 1 heterocycles. The Balaban J connectivity index is 1.41. The topological polar surface area (TPSA) is 110 Å². The normalized spacial score (nSPS) is 17.9. The van der Waals surface area contributed by atoms with Crippen molar-refractivity contribution in [2.24, 2.45) is 5.73 Å². The minimum absolute atomic E-state index is 0.282. The van der Waals surface area contributed by atoms with E-state index < -0.39 is 10.0 Å². The van der Waals surface area contributed by atoms with Gasteiger partial charge < -0.3 is 11.1 Å². The van der Waals surface area contributed by atoms with Crippen molar-refractivity contribution in [3.63, 3.8) is 0 Å². The molecule has 5 rings (SSSR count).